The number of rotatable bonds is 14. The summed E-state index contributed by atoms with van der Waals surface area (Å²) in [6.45, 7) is 4.08. The summed E-state index contributed by atoms with van der Waals surface area (Å²) in [5, 5.41) is 2.97. The second-order valence-electron chi connectivity index (χ2n) is 10.5. The van der Waals surface area contributed by atoms with E-state index in [1.807, 2.05) is 80.6 Å². The van der Waals surface area contributed by atoms with Crippen molar-refractivity contribution in [1.29, 1.82) is 0 Å². The highest BCUT2D eigenvalue weighted by molar-refractivity contribution is 9.10. The summed E-state index contributed by atoms with van der Waals surface area (Å²) in [6.07, 6.45) is 1.80. The van der Waals surface area contributed by atoms with Crippen LogP contribution in [0.25, 0.3) is 0 Å². The molecule has 0 saturated carbocycles. The average molecular weight is 677 g/mol. The first-order valence-corrected chi connectivity index (χ1v) is 17.0. The topological polar surface area (TPSA) is 86.8 Å². The van der Waals surface area contributed by atoms with Crippen LogP contribution < -0.4 is 9.62 Å². The first-order chi connectivity index (χ1) is 21.2. The molecule has 0 spiro atoms. The largest absolute Gasteiger partial charge is 0.354 e. The van der Waals surface area contributed by atoms with Gasteiger partial charge in [0.05, 0.1) is 10.6 Å². The zero-order chi connectivity index (χ0) is 31.5. The maximum absolute atomic E-state index is 14.5. The molecule has 0 aliphatic carbocycles. The molecule has 0 aliphatic rings. The summed E-state index contributed by atoms with van der Waals surface area (Å²) in [4.78, 5) is 29.7. The molecule has 0 aliphatic heterocycles. The van der Waals surface area contributed by atoms with Crippen LogP contribution in [0.3, 0.4) is 0 Å². The molecule has 1 N–H and O–H groups in total. The minimum atomic E-state index is -4.12. The average Bonchev–Trinajstić information content (AvgIpc) is 3.05. The fourth-order valence-electron chi connectivity index (χ4n) is 4.90. The molecule has 44 heavy (non-hydrogen) atoms. The van der Waals surface area contributed by atoms with Gasteiger partial charge in [0.1, 0.15) is 12.6 Å². The molecule has 7 nitrogen and oxygen atoms in total. The van der Waals surface area contributed by atoms with Crippen molar-refractivity contribution in [2.45, 2.75) is 50.6 Å². The molecule has 230 valence electrons. The lowest BCUT2D eigenvalue weighted by Crippen LogP contribution is -2.53. The zero-order valence-electron chi connectivity index (χ0n) is 25.0. The normalized spacial score (nSPS) is 11.9. The SMILES string of the molecule is CCCNC(=O)[C@@H](Cc1ccccc1)N(Cc1cccc(Br)c1)C(=O)CN(c1ccc(CC)cc1)S(=O)(=O)c1ccccc1. The van der Waals surface area contributed by atoms with Gasteiger partial charge in [-0.1, -0.05) is 103 Å². The van der Waals surface area contributed by atoms with Crippen LogP contribution in [0.4, 0.5) is 5.69 Å². The number of amides is 2. The molecular weight excluding hydrogens is 638 g/mol. The maximum Gasteiger partial charge on any atom is 0.264 e. The molecular formula is C35H38BrN3O4S. The van der Waals surface area contributed by atoms with Gasteiger partial charge in [0, 0.05) is 24.0 Å². The summed E-state index contributed by atoms with van der Waals surface area (Å²) >= 11 is 3.51. The Hall–Kier alpha value is -3.95. The lowest BCUT2D eigenvalue weighted by molar-refractivity contribution is -0.140. The highest BCUT2D eigenvalue weighted by atomic mass is 79.9. The number of carbonyl (C=O) groups is 2. The van der Waals surface area contributed by atoms with Crippen LogP contribution in [0.2, 0.25) is 0 Å². The van der Waals surface area contributed by atoms with Crippen LogP contribution in [0.5, 0.6) is 0 Å². The molecule has 4 aromatic rings. The Morgan fingerprint density at radius 1 is 0.795 bits per heavy atom. The van der Waals surface area contributed by atoms with Crippen LogP contribution in [0, 0.1) is 0 Å². The van der Waals surface area contributed by atoms with E-state index in [1.165, 1.54) is 17.0 Å². The number of carbonyl (C=O) groups excluding carboxylic acids is 2. The molecule has 4 aromatic carbocycles. The van der Waals surface area contributed by atoms with Crippen molar-refractivity contribution in [1.82, 2.24) is 10.2 Å². The summed E-state index contributed by atoms with van der Waals surface area (Å²) in [7, 11) is -4.12. The number of anilines is 1. The van der Waals surface area contributed by atoms with Gasteiger partial charge in [-0.05, 0) is 65.9 Å². The van der Waals surface area contributed by atoms with Crippen molar-refractivity contribution in [3.63, 3.8) is 0 Å². The van der Waals surface area contributed by atoms with Crippen LogP contribution in [-0.2, 0) is 39.0 Å². The fourth-order valence-corrected chi connectivity index (χ4v) is 6.78. The lowest BCUT2D eigenvalue weighted by Gasteiger charge is -2.34. The van der Waals surface area contributed by atoms with Crippen molar-refractivity contribution in [2.75, 3.05) is 17.4 Å². The molecule has 1 atom stereocenters. The minimum absolute atomic E-state index is 0.0763. The molecule has 4 rings (SSSR count). The predicted molar refractivity (Wildman–Crippen MR) is 179 cm³/mol. The summed E-state index contributed by atoms with van der Waals surface area (Å²) < 4.78 is 30.1. The first kappa shape index (κ1) is 33.0. The van der Waals surface area contributed by atoms with E-state index in [4.69, 9.17) is 0 Å². The van der Waals surface area contributed by atoms with E-state index in [0.717, 1.165) is 38.3 Å². The quantitative estimate of drug-likeness (QED) is 0.168. The van der Waals surface area contributed by atoms with E-state index in [0.29, 0.717) is 12.2 Å². The standard InChI is InChI=1S/C35H38BrN3O4S/c1-3-22-37-35(41)33(24-28-12-7-5-8-13-28)38(25-29-14-11-15-30(36)23-29)34(40)26-39(31-20-18-27(4-2)19-21-31)44(42,43)32-16-9-6-10-17-32/h5-21,23,33H,3-4,22,24-26H2,1-2H3,(H,37,41)/t33-/m1/s1. The lowest BCUT2D eigenvalue weighted by atomic mass is 10.0. The molecule has 0 saturated heterocycles. The second-order valence-corrected chi connectivity index (χ2v) is 13.3. The van der Waals surface area contributed by atoms with E-state index in [-0.39, 0.29) is 23.8 Å². The van der Waals surface area contributed by atoms with Gasteiger partial charge in [0.2, 0.25) is 11.8 Å². The summed E-state index contributed by atoms with van der Waals surface area (Å²) in [5.41, 5.74) is 3.11. The van der Waals surface area contributed by atoms with E-state index < -0.39 is 28.5 Å². The molecule has 0 aromatic heterocycles. The molecule has 0 bridgehead atoms. The number of aryl methyl sites for hydroxylation is 1. The van der Waals surface area contributed by atoms with Gasteiger partial charge in [-0.2, -0.15) is 0 Å². The molecule has 9 heteroatoms. The molecule has 0 radical (unpaired) electrons. The van der Waals surface area contributed by atoms with Gasteiger partial charge >= 0.3 is 0 Å². The van der Waals surface area contributed by atoms with E-state index >= 15 is 0 Å². The molecule has 0 heterocycles. The van der Waals surface area contributed by atoms with Crippen molar-refractivity contribution in [3.8, 4) is 0 Å². The Bertz CT molecular complexity index is 1630. The number of hydrogen-bond donors (Lipinski definition) is 1. The van der Waals surface area contributed by atoms with Gasteiger partial charge in [0.15, 0.2) is 0 Å². The van der Waals surface area contributed by atoms with E-state index in [9.17, 15) is 18.0 Å². The van der Waals surface area contributed by atoms with Crippen molar-refractivity contribution < 1.29 is 18.0 Å². The Labute approximate surface area is 269 Å². The van der Waals surface area contributed by atoms with E-state index in [1.54, 1.807) is 30.3 Å². The highest BCUT2D eigenvalue weighted by Crippen LogP contribution is 2.26. The number of hydrogen-bond acceptors (Lipinski definition) is 4. The smallest absolute Gasteiger partial charge is 0.264 e. The van der Waals surface area contributed by atoms with Crippen molar-refractivity contribution in [3.05, 3.63) is 130 Å². The Morgan fingerprint density at radius 2 is 1.43 bits per heavy atom. The first-order valence-electron chi connectivity index (χ1n) is 14.7. The van der Waals surface area contributed by atoms with Crippen molar-refractivity contribution >= 4 is 43.5 Å². The molecule has 0 fully saturated rings. The highest BCUT2D eigenvalue weighted by Gasteiger charge is 2.34. The third-order valence-corrected chi connectivity index (χ3v) is 9.59. The van der Waals surface area contributed by atoms with Gasteiger partial charge < -0.3 is 10.2 Å². The van der Waals surface area contributed by atoms with Crippen LogP contribution in [-0.4, -0.2) is 44.3 Å². The van der Waals surface area contributed by atoms with E-state index in [2.05, 4.69) is 21.2 Å². The number of sulfonamides is 1. The van der Waals surface area contributed by atoms with Crippen LogP contribution >= 0.6 is 15.9 Å². The van der Waals surface area contributed by atoms with Crippen molar-refractivity contribution in [2.24, 2.45) is 0 Å². The van der Waals surface area contributed by atoms with Gasteiger partial charge in [-0.15, -0.1) is 0 Å². The zero-order valence-corrected chi connectivity index (χ0v) is 27.4. The molecule has 0 unspecified atom stereocenters. The maximum atomic E-state index is 14.5. The summed E-state index contributed by atoms with van der Waals surface area (Å²) in [5.74, 6) is -0.777. The Balaban J connectivity index is 1.79. The fraction of sp³-hybridized carbons (Fsp3) is 0.257. The minimum Gasteiger partial charge on any atom is -0.354 e. The van der Waals surface area contributed by atoms with Crippen LogP contribution in [0.15, 0.2) is 119 Å². The summed E-state index contributed by atoms with van der Waals surface area (Å²) in [6, 6.07) is 31.4. The van der Waals surface area contributed by atoms with Gasteiger partial charge in [-0.25, -0.2) is 8.42 Å². The van der Waals surface area contributed by atoms with Gasteiger partial charge in [-0.3, -0.25) is 13.9 Å². The second kappa shape index (κ2) is 15.7. The predicted octanol–water partition coefficient (Wildman–Crippen LogP) is 6.37. The van der Waals surface area contributed by atoms with Gasteiger partial charge in [0.25, 0.3) is 10.0 Å². The Kier molecular flexibility index (Phi) is 11.7. The number of benzene rings is 4. The number of nitrogens with zero attached hydrogens (tertiary/aromatic N) is 2. The monoisotopic (exact) mass is 675 g/mol. The van der Waals surface area contributed by atoms with Crippen LogP contribution in [0.1, 0.15) is 37.0 Å². The number of halogens is 1. The number of nitrogens with one attached hydrogen (secondary N) is 1. The third kappa shape index (κ3) is 8.57. The third-order valence-electron chi connectivity index (χ3n) is 7.30. The Morgan fingerprint density at radius 3 is 2.05 bits per heavy atom. The molecule has 2 amide bonds.